The van der Waals surface area contributed by atoms with Crippen LogP contribution >= 0.6 is 0 Å². The largest absolute Gasteiger partial charge is 0.466 e. The van der Waals surface area contributed by atoms with Gasteiger partial charge in [-0.1, -0.05) is 43.9 Å². The number of Topliss-reactive ketones (excluding diaryl/α,β-unsaturated/α-hetero) is 1. The van der Waals surface area contributed by atoms with E-state index in [4.69, 9.17) is 9.47 Å². The standard InChI is InChI=1S/C29H41N3O4Si/c1-30(2)18-23-22-16-25(33)29-27(28(23)31(3)17-20(22)12-13-26(34)35-4)21-10-8-9-11-24(21)32(29)19-36-14-15-37(5,6)7/h8-13,17,22-23,28H,14-16,18-19H2,1-7H3/b13-12+/t22-,23?,28+/m0/s1. The van der Waals surface area contributed by atoms with E-state index < -0.39 is 14.0 Å². The SMILES string of the molecule is COC(=O)/C=C/C1=CN(C)[C@H]2c3c(n(COCC[Si](C)(C)C)c4ccccc34)C(=O)C[C@@H]1C2CN(C)C. The summed E-state index contributed by atoms with van der Waals surface area (Å²) in [6.45, 7) is 8.92. The summed E-state index contributed by atoms with van der Waals surface area (Å²) in [7, 11) is 6.38. The van der Waals surface area contributed by atoms with Crippen LogP contribution in [0, 0.1) is 11.8 Å². The van der Waals surface area contributed by atoms with Crippen LogP contribution in [-0.4, -0.2) is 75.6 Å². The Bertz CT molecular complexity index is 1220. The highest BCUT2D eigenvalue weighted by Gasteiger charge is 2.45. The molecule has 37 heavy (non-hydrogen) atoms. The minimum atomic E-state index is -1.22. The lowest BCUT2D eigenvalue weighted by molar-refractivity contribution is -0.134. The van der Waals surface area contributed by atoms with E-state index in [1.54, 1.807) is 0 Å². The van der Waals surface area contributed by atoms with Gasteiger partial charge >= 0.3 is 5.97 Å². The molecule has 0 radical (unpaired) electrons. The third-order valence-corrected chi connectivity index (χ3v) is 9.23. The van der Waals surface area contributed by atoms with Gasteiger partial charge in [0.1, 0.15) is 6.73 Å². The third kappa shape index (κ3) is 5.76. The number of carbonyl (C=O) groups is 2. The van der Waals surface area contributed by atoms with Crippen LogP contribution in [0.3, 0.4) is 0 Å². The second-order valence-corrected chi connectivity index (χ2v) is 17.4. The van der Waals surface area contributed by atoms with Gasteiger partial charge in [0, 0.05) is 63.8 Å². The molecule has 0 fully saturated rings. The number of hydrogen-bond donors (Lipinski definition) is 0. The number of carbonyl (C=O) groups excluding carboxylic acids is 2. The number of fused-ring (bicyclic) bond motifs is 6. The summed E-state index contributed by atoms with van der Waals surface area (Å²) in [5, 5.41) is 1.11. The molecule has 3 atom stereocenters. The monoisotopic (exact) mass is 523 g/mol. The van der Waals surface area contributed by atoms with Crippen molar-refractivity contribution in [2.24, 2.45) is 11.8 Å². The Morgan fingerprint density at radius 3 is 2.62 bits per heavy atom. The van der Waals surface area contributed by atoms with E-state index in [1.807, 2.05) is 12.1 Å². The van der Waals surface area contributed by atoms with Gasteiger partial charge in [0.2, 0.25) is 0 Å². The van der Waals surface area contributed by atoms with Gasteiger partial charge in [-0.05, 0) is 37.7 Å². The van der Waals surface area contributed by atoms with Crippen molar-refractivity contribution in [1.29, 1.82) is 0 Å². The molecule has 0 N–H and O–H groups in total. The van der Waals surface area contributed by atoms with E-state index in [0.29, 0.717) is 19.8 Å². The number of allylic oxidation sites excluding steroid dienone is 2. The first-order chi connectivity index (χ1) is 17.5. The van der Waals surface area contributed by atoms with Crippen molar-refractivity contribution in [3.8, 4) is 0 Å². The van der Waals surface area contributed by atoms with Gasteiger partial charge in [-0.3, -0.25) is 4.79 Å². The maximum absolute atomic E-state index is 14.1. The Balaban J connectivity index is 1.82. The lowest BCUT2D eigenvalue weighted by Gasteiger charge is -2.43. The predicted molar refractivity (Wildman–Crippen MR) is 150 cm³/mol. The van der Waals surface area contributed by atoms with Crippen molar-refractivity contribution in [2.75, 3.05) is 41.4 Å². The normalized spacial score (nSPS) is 21.9. The van der Waals surface area contributed by atoms with Crippen LogP contribution in [0.5, 0.6) is 0 Å². The molecule has 7 nitrogen and oxygen atoms in total. The molecule has 0 amide bonds. The molecule has 2 aromatic rings. The maximum atomic E-state index is 14.1. The molecule has 1 aromatic carbocycles. The van der Waals surface area contributed by atoms with Crippen LogP contribution in [0.25, 0.3) is 10.9 Å². The zero-order valence-corrected chi connectivity index (χ0v) is 24.3. The van der Waals surface area contributed by atoms with Crippen LogP contribution in [0.2, 0.25) is 25.7 Å². The molecule has 200 valence electrons. The Morgan fingerprint density at radius 1 is 1.22 bits per heavy atom. The fraction of sp³-hybridized carbons (Fsp3) is 0.517. The fourth-order valence-electron chi connectivity index (χ4n) is 5.81. The average Bonchev–Trinajstić information content (AvgIpc) is 3.10. The number of rotatable bonds is 9. The molecule has 4 rings (SSSR count). The number of hydrogen-bond acceptors (Lipinski definition) is 6. The minimum Gasteiger partial charge on any atom is -0.466 e. The van der Waals surface area contributed by atoms with Crippen LogP contribution in [-0.2, 0) is 21.0 Å². The highest BCUT2D eigenvalue weighted by Crippen LogP contribution is 2.49. The molecule has 8 heteroatoms. The maximum Gasteiger partial charge on any atom is 0.330 e. The van der Waals surface area contributed by atoms with E-state index in [-0.39, 0.29) is 23.7 Å². The van der Waals surface area contributed by atoms with Gasteiger partial charge in [0.25, 0.3) is 0 Å². The predicted octanol–water partition coefficient (Wildman–Crippen LogP) is 4.93. The molecule has 1 aliphatic heterocycles. The molecule has 1 aliphatic carbocycles. The van der Waals surface area contributed by atoms with Gasteiger partial charge in [0.05, 0.1) is 24.4 Å². The zero-order chi connectivity index (χ0) is 26.9. The average molecular weight is 524 g/mol. The van der Waals surface area contributed by atoms with E-state index in [9.17, 15) is 9.59 Å². The number of para-hydroxylation sites is 1. The first-order valence-corrected chi connectivity index (χ1v) is 16.8. The Morgan fingerprint density at radius 2 is 1.95 bits per heavy atom. The molecule has 2 heterocycles. The first-order valence-electron chi connectivity index (χ1n) is 13.1. The molecule has 1 unspecified atom stereocenters. The van der Waals surface area contributed by atoms with Crippen molar-refractivity contribution in [2.45, 2.75) is 44.9 Å². The number of ether oxygens (including phenoxy) is 2. The molecular weight excluding hydrogens is 482 g/mol. The molecule has 1 aromatic heterocycles. The van der Waals surface area contributed by atoms with Gasteiger partial charge < -0.3 is 23.8 Å². The second-order valence-electron chi connectivity index (χ2n) is 11.8. The summed E-state index contributed by atoms with van der Waals surface area (Å²) >= 11 is 0. The van der Waals surface area contributed by atoms with Crippen molar-refractivity contribution >= 4 is 30.7 Å². The van der Waals surface area contributed by atoms with Crippen LogP contribution in [0.4, 0.5) is 0 Å². The van der Waals surface area contributed by atoms with Crippen LogP contribution in [0.1, 0.15) is 28.5 Å². The highest BCUT2D eigenvalue weighted by molar-refractivity contribution is 6.76. The number of aromatic nitrogens is 1. The van der Waals surface area contributed by atoms with E-state index >= 15 is 0 Å². The molecule has 0 saturated carbocycles. The van der Waals surface area contributed by atoms with E-state index in [1.165, 1.54) is 13.2 Å². The quantitative estimate of drug-likeness (QED) is 0.201. The Hall–Kier alpha value is -2.68. The first kappa shape index (κ1) is 27.4. The Kier molecular flexibility index (Phi) is 8.11. The van der Waals surface area contributed by atoms with Crippen LogP contribution < -0.4 is 0 Å². The molecule has 2 aliphatic rings. The number of methoxy groups -OCH3 is 1. The van der Waals surface area contributed by atoms with Gasteiger partial charge in [0.15, 0.2) is 5.78 Å². The highest BCUT2D eigenvalue weighted by atomic mass is 28.3. The van der Waals surface area contributed by atoms with Gasteiger partial charge in [-0.15, -0.1) is 0 Å². The number of benzene rings is 1. The third-order valence-electron chi connectivity index (χ3n) is 7.52. The summed E-state index contributed by atoms with van der Waals surface area (Å²) in [4.78, 5) is 30.4. The lowest BCUT2D eigenvalue weighted by atomic mass is 9.75. The number of ketones is 1. The van der Waals surface area contributed by atoms with Crippen LogP contribution in [0.15, 0.2) is 48.2 Å². The van der Waals surface area contributed by atoms with Gasteiger partial charge in [-0.2, -0.15) is 0 Å². The summed E-state index contributed by atoms with van der Waals surface area (Å²) in [6.07, 6.45) is 5.76. The molecule has 2 bridgehead atoms. The summed E-state index contributed by atoms with van der Waals surface area (Å²) in [5.41, 5.74) is 3.89. The topological polar surface area (TPSA) is 64.0 Å². The van der Waals surface area contributed by atoms with E-state index in [2.05, 4.69) is 79.6 Å². The number of esters is 1. The zero-order valence-electron chi connectivity index (χ0n) is 23.3. The number of nitrogens with zero attached hydrogens (tertiary/aromatic N) is 3. The van der Waals surface area contributed by atoms with Crippen molar-refractivity contribution in [3.63, 3.8) is 0 Å². The van der Waals surface area contributed by atoms with Crippen molar-refractivity contribution < 1.29 is 19.1 Å². The lowest BCUT2D eigenvalue weighted by Crippen LogP contribution is -2.41. The van der Waals surface area contributed by atoms with Gasteiger partial charge in [-0.25, -0.2) is 4.79 Å². The molecule has 0 spiro atoms. The second kappa shape index (κ2) is 11.0. The smallest absolute Gasteiger partial charge is 0.330 e. The summed E-state index contributed by atoms with van der Waals surface area (Å²) in [6, 6.07) is 9.43. The molecular formula is C29H41N3O4Si. The van der Waals surface area contributed by atoms with E-state index in [0.717, 1.165) is 40.3 Å². The summed E-state index contributed by atoms with van der Waals surface area (Å²) in [5.74, 6) is -0.112. The molecule has 0 saturated heterocycles. The Labute approximate surface area is 221 Å². The summed E-state index contributed by atoms with van der Waals surface area (Å²) < 4.78 is 13.1. The fourth-order valence-corrected chi connectivity index (χ4v) is 6.57. The minimum absolute atomic E-state index is 0.00979. The van der Waals surface area contributed by atoms with Crippen molar-refractivity contribution in [3.05, 3.63) is 59.4 Å². The van der Waals surface area contributed by atoms with Crippen molar-refractivity contribution in [1.82, 2.24) is 14.4 Å².